The standard InChI is InChI=1S/C14H15Cl2N3O2S2/c15-10-3-4-12(16)13(8-10)23(20,21)18-9-11-2-1-6-19(11)14-17-5-7-22-14/h3-5,7-8,11,18H,1-2,6,9H2. The summed E-state index contributed by atoms with van der Waals surface area (Å²) in [7, 11) is -3.70. The highest BCUT2D eigenvalue weighted by atomic mass is 35.5. The van der Waals surface area contributed by atoms with Gasteiger partial charge in [0.05, 0.1) is 5.02 Å². The summed E-state index contributed by atoms with van der Waals surface area (Å²) in [5.41, 5.74) is 0. The van der Waals surface area contributed by atoms with E-state index in [2.05, 4.69) is 14.6 Å². The third-order valence-corrected chi connectivity index (χ3v) is 6.68. The molecule has 1 saturated heterocycles. The molecule has 1 aromatic carbocycles. The lowest BCUT2D eigenvalue weighted by Gasteiger charge is -2.24. The molecule has 0 radical (unpaired) electrons. The lowest BCUT2D eigenvalue weighted by molar-refractivity contribution is 0.567. The fraction of sp³-hybridized carbons (Fsp3) is 0.357. The maximum Gasteiger partial charge on any atom is 0.242 e. The molecule has 1 fully saturated rings. The predicted molar refractivity (Wildman–Crippen MR) is 94.1 cm³/mol. The molecule has 3 rings (SSSR count). The molecule has 1 aromatic heterocycles. The zero-order valence-corrected chi connectivity index (χ0v) is 15.2. The Bertz CT molecular complexity index is 781. The van der Waals surface area contributed by atoms with Crippen LogP contribution in [-0.2, 0) is 10.0 Å². The zero-order valence-electron chi connectivity index (χ0n) is 12.1. The number of thiazole rings is 1. The van der Waals surface area contributed by atoms with Crippen LogP contribution in [0.3, 0.4) is 0 Å². The van der Waals surface area contributed by atoms with Crippen LogP contribution in [0, 0.1) is 0 Å². The number of aromatic nitrogens is 1. The van der Waals surface area contributed by atoms with Gasteiger partial charge in [-0.05, 0) is 31.0 Å². The first-order chi connectivity index (χ1) is 11.0. The molecule has 0 aliphatic carbocycles. The molecule has 0 bridgehead atoms. The van der Waals surface area contributed by atoms with E-state index in [1.807, 2.05) is 5.38 Å². The van der Waals surface area contributed by atoms with Crippen molar-refractivity contribution in [1.82, 2.24) is 9.71 Å². The van der Waals surface area contributed by atoms with Crippen molar-refractivity contribution >= 4 is 49.7 Å². The molecule has 5 nitrogen and oxygen atoms in total. The molecular formula is C14H15Cl2N3O2S2. The molecule has 0 spiro atoms. The van der Waals surface area contributed by atoms with Crippen LogP contribution >= 0.6 is 34.5 Å². The Morgan fingerprint density at radius 2 is 2.22 bits per heavy atom. The number of anilines is 1. The molecule has 1 aliphatic heterocycles. The van der Waals surface area contributed by atoms with Gasteiger partial charge in [0, 0.05) is 35.7 Å². The summed E-state index contributed by atoms with van der Waals surface area (Å²) in [5, 5.41) is 3.33. The molecule has 9 heteroatoms. The van der Waals surface area contributed by atoms with Crippen molar-refractivity contribution in [3.8, 4) is 0 Å². The number of rotatable bonds is 5. The third-order valence-electron chi connectivity index (χ3n) is 3.73. The summed E-state index contributed by atoms with van der Waals surface area (Å²) in [6.07, 6.45) is 3.70. The number of hydrogen-bond donors (Lipinski definition) is 1. The third kappa shape index (κ3) is 3.80. The highest BCUT2D eigenvalue weighted by molar-refractivity contribution is 7.89. The van der Waals surface area contributed by atoms with Gasteiger partial charge in [0.2, 0.25) is 10.0 Å². The first-order valence-electron chi connectivity index (χ1n) is 7.08. The Balaban J connectivity index is 1.73. The van der Waals surface area contributed by atoms with Gasteiger partial charge in [-0.25, -0.2) is 18.1 Å². The number of sulfonamides is 1. The summed E-state index contributed by atoms with van der Waals surface area (Å²) in [5.74, 6) is 0. The lowest BCUT2D eigenvalue weighted by atomic mass is 10.2. The van der Waals surface area contributed by atoms with E-state index in [4.69, 9.17) is 23.2 Å². The largest absolute Gasteiger partial charge is 0.344 e. The van der Waals surface area contributed by atoms with Gasteiger partial charge < -0.3 is 4.90 Å². The second-order valence-electron chi connectivity index (χ2n) is 5.23. The van der Waals surface area contributed by atoms with Crippen LogP contribution in [0.2, 0.25) is 10.0 Å². The molecule has 0 saturated carbocycles. The molecule has 2 aromatic rings. The molecule has 124 valence electrons. The van der Waals surface area contributed by atoms with Crippen LogP contribution in [0.1, 0.15) is 12.8 Å². The van der Waals surface area contributed by atoms with Gasteiger partial charge in [-0.2, -0.15) is 0 Å². The second-order valence-corrected chi connectivity index (χ2v) is 8.68. The molecule has 1 atom stereocenters. The van der Waals surface area contributed by atoms with E-state index in [1.165, 1.54) is 12.1 Å². The van der Waals surface area contributed by atoms with E-state index in [0.29, 0.717) is 11.6 Å². The molecule has 0 amide bonds. The number of benzene rings is 1. The number of nitrogens with one attached hydrogen (secondary N) is 1. The second kappa shape index (κ2) is 6.94. The summed E-state index contributed by atoms with van der Waals surface area (Å²) in [6.45, 7) is 1.20. The van der Waals surface area contributed by atoms with Crippen molar-refractivity contribution in [2.45, 2.75) is 23.8 Å². The van der Waals surface area contributed by atoms with E-state index in [1.54, 1.807) is 23.6 Å². The van der Waals surface area contributed by atoms with E-state index >= 15 is 0 Å². The van der Waals surface area contributed by atoms with Crippen molar-refractivity contribution in [2.75, 3.05) is 18.0 Å². The van der Waals surface area contributed by atoms with Gasteiger partial charge in [0.15, 0.2) is 5.13 Å². The summed E-state index contributed by atoms with van der Waals surface area (Å²) < 4.78 is 27.6. The minimum Gasteiger partial charge on any atom is -0.344 e. The Kier molecular flexibility index (Phi) is 5.13. The average Bonchev–Trinajstić information content (AvgIpc) is 3.17. The van der Waals surface area contributed by atoms with Crippen LogP contribution in [0.4, 0.5) is 5.13 Å². The van der Waals surface area contributed by atoms with E-state index in [-0.39, 0.29) is 16.0 Å². The van der Waals surface area contributed by atoms with Crippen molar-refractivity contribution < 1.29 is 8.42 Å². The van der Waals surface area contributed by atoms with E-state index in [0.717, 1.165) is 24.5 Å². The first kappa shape index (κ1) is 17.0. The Morgan fingerprint density at radius 3 is 2.96 bits per heavy atom. The minimum absolute atomic E-state index is 0.00506. The van der Waals surface area contributed by atoms with Gasteiger partial charge in [0.1, 0.15) is 4.90 Å². The highest BCUT2D eigenvalue weighted by Gasteiger charge is 2.28. The maximum absolute atomic E-state index is 12.5. The topological polar surface area (TPSA) is 62.3 Å². The quantitative estimate of drug-likeness (QED) is 0.847. The molecule has 1 N–H and O–H groups in total. The van der Waals surface area contributed by atoms with Crippen molar-refractivity contribution in [3.05, 3.63) is 39.8 Å². The SMILES string of the molecule is O=S(=O)(NCC1CCCN1c1nccs1)c1cc(Cl)ccc1Cl. The predicted octanol–water partition coefficient (Wildman–Crippen LogP) is 3.40. The first-order valence-corrected chi connectivity index (χ1v) is 10.2. The monoisotopic (exact) mass is 391 g/mol. The Morgan fingerprint density at radius 1 is 1.39 bits per heavy atom. The van der Waals surface area contributed by atoms with Gasteiger partial charge in [-0.1, -0.05) is 23.2 Å². The molecule has 23 heavy (non-hydrogen) atoms. The molecular weight excluding hydrogens is 377 g/mol. The van der Waals surface area contributed by atoms with Crippen LogP contribution in [0.5, 0.6) is 0 Å². The number of hydrogen-bond acceptors (Lipinski definition) is 5. The van der Waals surface area contributed by atoms with Crippen LogP contribution in [0.15, 0.2) is 34.7 Å². The van der Waals surface area contributed by atoms with E-state index in [9.17, 15) is 8.42 Å². The fourth-order valence-corrected chi connectivity index (χ4v) is 5.20. The molecule has 1 unspecified atom stereocenters. The van der Waals surface area contributed by atoms with Crippen molar-refractivity contribution in [3.63, 3.8) is 0 Å². The number of nitrogens with zero attached hydrogens (tertiary/aromatic N) is 2. The van der Waals surface area contributed by atoms with Crippen molar-refractivity contribution in [2.24, 2.45) is 0 Å². The Hall–Kier alpha value is -0.860. The lowest BCUT2D eigenvalue weighted by Crippen LogP contribution is -2.40. The average molecular weight is 392 g/mol. The van der Waals surface area contributed by atoms with Crippen LogP contribution < -0.4 is 9.62 Å². The van der Waals surface area contributed by atoms with Gasteiger partial charge in [-0.3, -0.25) is 0 Å². The zero-order chi connectivity index (χ0) is 16.4. The Labute approximate surface area is 149 Å². The van der Waals surface area contributed by atoms with Gasteiger partial charge in [0.25, 0.3) is 0 Å². The van der Waals surface area contributed by atoms with Crippen LogP contribution in [0.25, 0.3) is 0 Å². The smallest absolute Gasteiger partial charge is 0.242 e. The number of halogens is 2. The summed E-state index contributed by atoms with van der Waals surface area (Å²) >= 11 is 13.4. The van der Waals surface area contributed by atoms with Gasteiger partial charge >= 0.3 is 0 Å². The summed E-state index contributed by atoms with van der Waals surface area (Å²) in [4.78, 5) is 6.46. The maximum atomic E-state index is 12.5. The highest BCUT2D eigenvalue weighted by Crippen LogP contribution is 2.28. The normalized spacial score (nSPS) is 18.5. The molecule has 2 heterocycles. The van der Waals surface area contributed by atoms with E-state index < -0.39 is 10.0 Å². The van der Waals surface area contributed by atoms with Gasteiger partial charge in [-0.15, -0.1) is 11.3 Å². The fourth-order valence-electron chi connectivity index (χ4n) is 2.62. The van der Waals surface area contributed by atoms with Crippen LogP contribution in [-0.4, -0.2) is 32.5 Å². The molecule has 1 aliphatic rings. The van der Waals surface area contributed by atoms with Crippen molar-refractivity contribution in [1.29, 1.82) is 0 Å². The minimum atomic E-state index is -3.70. The summed E-state index contributed by atoms with van der Waals surface area (Å²) in [6, 6.07) is 4.49.